The van der Waals surface area contributed by atoms with Gasteiger partial charge in [0.1, 0.15) is 0 Å². The van der Waals surface area contributed by atoms with Crippen LogP contribution in [0.2, 0.25) is 0 Å². The van der Waals surface area contributed by atoms with Crippen molar-refractivity contribution in [1.29, 1.82) is 0 Å². The number of hydrogen-bond donors (Lipinski definition) is 1. The van der Waals surface area contributed by atoms with Crippen molar-refractivity contribution >= 4 is 0 Å². The van der Waals surface area contributed by atoms with Crippen LogP contribution in [0.15, 0.2) is 12.3 Å². The summed E-state index contributed by atoms with van der Waals surface area (Å²) in [6.45, 7) is 2.20. The van der Waals surface area contributed by atoms with Crippen LogP contribution >= 0.6 is 0 Å². The average Bonchev–Trinajstić information content (AvgIpc) is 2.66. The van der Waals surface area contributed by atoms with Crippen LogP contribution in [-0.2, 0) is 0 Å². The van der Waals surface area contributed by atoms with E-state index in [1.807, 2.05) is 6.20 Å². The first kappa shape index (κ1) is 8.48. The van der Waals surface area contributed by atoms with E-state index in [2.05, 4.69) is 21.2 Å². The van der Waals surface area contributed by atoms with Crippen molar-refractivity contribution in [2.24, 2.45) is 0 Å². The molecule has 3 rings (SSSR count). The highest BCUT2D eigenvalue weighted by molar-refractivity contribution is 5.11. The fraction of sp³-hybridized carbons (Fsp3) is 0.727. The van der Waals surface area contributed by atoms with E-state index >= 15 is 0 Å². The summed E-state index contributed by atoms with van der Waals surface area (Å²) in [5.74, 6) is 0.790. The van der Waals surface area contributed by atoms with Gasteiger partial charge in [0.25, 0.3) is 0 Å². The number of nitrogens with zero attached hydrogens (tertiary/aromatic N) is 2. The van der Waals surface area contributed by atoms with E-state index in [0.29, 0.717) is 6.04 Å². The first-order valence-corrected chi connectivity index (χ1v) is 5.69. The zero-order valence-corrected chi connectivity index (χ0v) is 8.45. The number of hydrogen-bond acceptors (Lipinski definition) is 2. The van der Waals surface area contributed by atoms with Crippen molar-refractivity contribution in [3.63, 3.8) is 0 Å². The number of rotatable bonds is 2. The molecule has 0 radical (unpaired) electrons. The summed E-state index contributed by atoms with van der Waals surface area (Å²) in [5.41, 5.74) is 1.48. The molecule has 0 amide bonds. The molecule has 1 N–H and O–H groups in total. The Hall–Kier alpha value is -0.830. The minimum atomic E-state index is 0.626. The fourth-order valence-corrected chi connectivity index (χ4v) is 2.62. The van der Waals surface area contributed by atoms with Gasteiger partial charge < -0.3 is 5.32 Å². The van der Waals surface area contributed by atoms with E-state index in [-0.39, 0.29) is 0 Å². The van der Waals surface area contributed by atoms with Crippen molar-refractivity contribution in [2.75, 3.05) is 13.1 Å². The Balaban J connectivity index is 1.85. The molecule has 1 saturated carbocycles. The van der Waals surface area contributed by atoms with Gasteiger partial charge in [-0.15, -0.1) is 0 Å². The third-order valence-corrected chi connectivity index (χ3v) is 3.58. The first-order valence-electron chi connectivity index (χ1n) is 5.69. The van der Waals surface area contributed by atoms with Gasteiger partial charge in [0.2, 0.25) is 0 Å². The van der Waals surface area contributed by atoms with Crippen molar-refractivity contribution in [2.45, 2.75) is 37.6 Å². The summed E-state index contributed by atoms with van der Waals surface area (Å²) in [4.78, 5) is 0. The summed E-state index contributed by atoms with van der Waals surface area (Å²) in [5, 5.41) is 7.77. The standard InChI is InChI=1S/C11H17N3/c1-2-4-9(3-1)11-5-6-13-14(11)10-7-12-8-10/h5-6,9-10,12H,1-4,7-8H2. The van der Waals surface area contributed by atoms with Crippen LogP contribution in [0.3, 0.4) is 0 Å². The Labute approximate surface area is 84.5 Å². The van der Waals surface area contributed by atoms with Crippen LogP contribution < -0.4 is 5.32 Å². The van der Waals surface area contributed by atoms with Gasteiger partial charge in [-0.05, 0) is 18.9 Å². The van der Waals surface area contributed by atoms with Crippen molar-refractivity contribution in [3.8, 4) is 0 Å². The predicted octanol–water partition coefficient (Wildman–Crippen LogP) is 1.68. The van der Waals surface area contributed by atoms with Crippen LogP contribution in [-0.4, -0.2) is 22.9 Å². The molecule has 0 atom stereocenters. The molecule has 0 bridgehead atoms. The molecule has 0 unspecified atom stereocenters. The third-order valence-electron chi connectivity index (χ3n) is 3.58. The summed E-state index contributed by atoms with van der Waals surface area (Å²) in [6.07, 6.45) is 7.50. The van der Waals surface area contributed by atoms with Gasteiger partial charge in [-0.3, -0.25) is 4.68 Å². The smallest absolute Gasteiger partial charge is 0.0771 e. The second kappa shape index (κ2) is 3.39. The average molecular weight is 191 g/mol. The minimum absolute atomic E-state index is 0.626. The van der Waals surface area contributed by atoms with Gasteiger partial charge >= 0.3 is 0 Å². The maximum absolute atomic E-state index is 4.46. The van der Waals surface area contributed by atoms with Crippen molar-refractivity contribution in [3.05, 3.63) is 18.0 Å². The quantitative estimate of drug-likeness (QED) is 0.771. The summed E-state index contributed by atoms with van der Waals surface area (Å²) < 4.78 is 2.26. The lowest BCUT2D eigenvalue weighted by molar-refractivity contribution is 0.305. The van der Waals surface area contributed by atoms with E-state index in [9.17, 15) is 0 Å². The van der Waals surface area contributed by atoms with Crippen LogP contribution in [0.5, 0.6) is 0 Å². The Morgan fingerprint density at radius 2 is 2.07 bits per heavy atom. The lowest BCUT2D eigenvalue weighted by Gasteiger charge is -2.30. The van der Waals surface area contributed by atoms with Gasteiger partial charge in [0.15, 0.2) is 0 Å². The Morgan fingerprint density at radius 1 is 1.29 bits per heavy atom. The van der Waals surface area contributed by atoms with Crippen molar-refractivity contribution < 1.29 is 0 Å². The molecule has 1 aliphatic heterocycles. The number of aromatic nitrogens is 2. The highest BCUT2D eigenvalue weighted by atomic mass is 15.3. The van der Waals surface area contributed by atoms with Crippen LogP contribution in [0.25, 0.3) is 0 Å². The normalized spacial score (nSPS) is 24.0. The summed E-state index contributed by atoms with van der Waals surface area (Å²) in [7, 11) is 0. The van der Waals surface area contributed by atoms with Gasteiger partial charge in [-0.2, -0.15) is 5.10 Å². The highest BCUT2D eigenvalue weighted by Gasteiger charge is 2.26. The lowest BCUT2D eigenvalue weighted by atomic mass is 10.0. The molecule has 0 aromatic carbocycles. The molecule has 76 valence electrons. The van der Waals surface area contributed by atoms with Gasteiger partial charge in [0.05, 0.1) is 6.04 Å². The molecule has 2 aliphatic rings. The second-order valence-electron chi connectivity index (χ2n) is 4.49. The van der Waals surface area contributed by atoms with Gasteiger partial charge in [-0.25, -0.2) is 0 Å². The zero-order valence-electron chi connectivity index (χ0n) is 8.45. The molecule has 1 aromatic rings. The molecule has 1 aromatic heterocycles. The first-order chi connectivity index (χ1) is 6.95. The van der Waals surface area contributed by atoms with Crippen LogP contribution in [0.4, 0.5) is 0 Å². The van der Waals surface area contributed by atoms with Crippen molar-refractivity contribution in [1.82, 2.24) is 15.1 Å². The Morgan fingerprint density at radius 3 is 2.71 bits per heavy atom. The maximum Gasteiger partial charge on any atom is 0.0771 e. The molecule has 0 spiro atoms. The molecule has 3 nitrogen and oxygen atoms in total. The number of nitrogens with one attached hydrogen (secondary N) is 1. The molecule has 1 saturated heterocycles. The molecule has 3 heteroatoms. The summed E-state index contributed by atoms with van der Waals surface area (Å²) in [6, 6.07) is 2.84. The van der Waals surface area contributed by atoms with Gasteiger partial charge in [-0.1, -0.05) is 12.8 Å². The SMILES string of the molecule is c1cc(C2CCCC2)n(C2CNC2)n1. The maximum atomic E-state index is 4.46. The topological polar surface area (TPSA) is 29.9 Å². The predicted molar refractivity (Wildman–Crippen MR) is 55.3 cm³/mol. The van der Waals surface area contributed by atoms with E-state index in [1.54, 1.807) is 0 Å². The second-order valence-corrected chi connectivity index (χ2v) is 4.49. The highest BCUT2D eigenvalue weighted by Crippen LogP contribution is 2.35. The molecule has 2 heterocycles. The van der Waals surface area contributed by atoms with E-state index < -0.39 is 0 Å². The fourth-order valence-electron chi connectivity index (χ4n) is 2.62. The van der Waals surface area contributed by atoms with E-state index in [4.69, 9.17) is 0 Å². The molecular weight excluding hydrogens is 174 g/mol. The minimum Gasteiger partial charge on any atom is -0.312 e. The van der Waals surface area contributed by atoms with Crippen LogP contribution in [0.1, 0.15) is 43.3 Å². The third kappa shape index (κ3) is 1.27. The molecular formula is C11H17N3. The van der Waals surface area contributed by atoms with Crippen LogP contribution in [0, 0.1) is 0 Å². The van der Waals surface area contributed by atoms with E-state index in [0.717, 1.165) is 19.0 Å². The Bertz CT molecular complexity index is 308. The molecule has 14 heavy (non-hydrogen) atoms. The van der Waals surface area contributed by atoms with E-state index in [1.165, 1.54) is 31.4 Å². The monoisotopic (exact) mass is 191 g/mol. The van der Waals surface area contributed by atoms with Gasteiger partial charge in [0, 0.05) is 30.9 Å². The molecule has 2 fully saturated rings. The summed E-state index contributed by atoms with van der Waals surface area (Å²) >= 11 is 0. The Kier molecular flexibility index (Phi) is 2.05. The zero-order chi connectivity index (χ0) is 9.38. The lowest BCUT2D eigenvalue weighted by Crippen LogP contribution is -2.44. The largest absolute Gasteiger partial charge is 0.312 e. The molecule has 1 aliphatic carbocycles.